The van der Waals surface area contributed by atoms with Crippen molar-refractivity contribution in [2.24, 2.45) is 5.73 Å². The second-order valence-corrected chi connectivity index (χ2v) is 3.85. The Morgan fingerprint density at radius 3 is 2.62 bits per heavy atom. The fourth-order valence-electron chi connectivity index (χ4n) is 1.35. The summed E-state index contributed by atoms with van der Waals surface area (Å²) in [6.45, 7) is 4.55. The van der Waals surface area contributed by atoms with E-state index >= 15 is 0 Å². The van der Waals surface area contributed by atoms with Crippen LogP contribution in [0, 0.1) is 11.8 Å². The van der Waals surface area contributed by atoms with E-state index in [4.69, 9.17) is 10.5 Å². The Bertz CT molecular complexity index is 231. The average molecular weight is 180 g/mol. The molecule has 0 aromatic carbocycles. The monoisotopic (exact) mass is 180 g/mol. The molecule has 0 spiro atoms. The summed E-state index contributed by atoms with van der Waals surface area (Å²) in [4.78, 5) is 2.31. The molecule has 2 N–H and O–H groups in total. The zero-order chi connectivity index (χ0) is 9.15. The average Bonchev–Trinajstić information content (AvgIpc) is 2.86. The summed E-state index contributed by atoms with van der Waals surface area (Å²) in [5.41, 5.74) is 5.73. The van der Waals surface area contributed by atoms with Crippen molar-refractivity contribution in [3.63, 3.8) is 0 Å². The quantitative estimate of drug-likeness (QED) is 0.569. The molecule has 3 nitrogen and oxygen atoms in total. The van der Waals surface area contributed by atoms with Gasteiger partial charge in [0, 0.05) is 13.1 Å². The van der Waals surface area contributed by atoms with Gasteiger partial charge >= 0.3 is 0 Å². The molecule has 2 rings (SSSR count). The number of morpholine rings is 1. The van der Waals surface area contributed by atoms with Crippen LogP contribution in [0.1, 0.15) is 12.8 Å². The van der Waals surface area contributed by atoms with Gasteiger partial charge in [-0.25, -0.2) is 0 Å². The van der Waals surface area contributed by atoms with E-state index in [0.717, 1.165) is 45.7 Å². The van der Waals surface area contributed by atoms with Crippen molar-refractivity contribution < 1.29 is 4.74 Å². The normalized spacial score (nSPS) is 26.2. The number of ether oxygens (including phenoxy) is 1. The first-order valence-corrected chi connectivity index (χ1v) is 4.88. The van der Waals surface area contributed by atoms with E-state index in [9.17, 15) is 0 Å². The van der Waals surface area contributed by atoms with Crippen LogP contribution in [0.4, 0.5) is 0 Å². The fourth-order valence-corrected chi connectivity index (χ4v) is 1.35. The number of rotatable bonds is 1. The second kappa shape index (κ2) is 3.67. The van der Waals surface area contributed by atoms with Gasteiger partial charge in [0.2, 0.25) is 0 Å². The highest BCUT2D eigenvalue weighted by molar-refractivity contribution is 5.25. The SMILES string of the molecule is NC1(C#CCN2CCOCC2)CC1. The predicted molar refractivity (Wildman–Crippen MR) is 51.2 cm³/mol. The van der Waals surface area contributed by atoms with E-state index in [1.54, 1.807) is 0 Å². The maximum Gasteiger partial charge on any atom is 0.0778 e. The number of hydrogen-bond acceptors (Lipinski definition) is 3. The minimum absolute atomic E-state index is 0.119. The Balaban J connectivity index is 1.73. The molecule has 1 aliphatic heterocycles. The molecule has 2 aliphatic rings. The van der Waals surface area contributed by atoms with Crippen LogP contribution in [0.25, 0.3) is 0 Å². The molecule has 0 aromatic heterocycles. The minimum atomic E-state index is -0.119. The highest BCUT2D eigenvalue weighted by Crippen LogP contribution is 2.30. The van der Waals surface area contributed by atoms with E-state index in [0.29, 0.717) is 0 Å². The predicted octanol–water partition coefficient (Wildman–Crippen LogP) is -0.187. The van der Waals surface area contributed by atoms with Gasteiger partial charge in [-0.05, 0) is 12.8 Å². The third kappa shape index (κ3) is 2.70. The minimum Gasteiger partial charge on any atom is -0.379 e. The Hall–Kier alpha value is -0.560. The van der Waals surface area contributed by atoms with Gasteiger partial charge < -0.3 is 10.5 Å². The number of hydrogen-bond donors (Lipinski definition) is 1. The Labute approximate surface area is 79.2 Å². The first kappa shape index (κ1) is 9.01. The molecule has 0 atom stereocenters. The lowest BCUT2D eigenvalue weighted by molar-refractivity contribution is 0.0443. The van der Waals surface area contributed by atoms with Gasteiger partial charge in [0.25, 0.3) is 0 Å². The lowest BCUT2D eigenvalue weighted by atomic mass is 10.3. The van der Waals surface area contributed by atoms with Crippen molar-refractivity contribution in [3.8, 4) is 11.8 Å². The van der Waals surface area contributed by atoms with Crippen molar-refractivity contribution in [2.45, 2.75) is 18.4 Å². The zero-order valence-corrected chi connectivity index (χ0v) is 7.88. The van der Waals surface area contributed by atoms with E-state index in [2.05, 4.69) is 16.7 Å². The van der Waals surface area contributed by atoms with E-state index in [1.807, 2.05) is 0 Å². The molecule has 0 unspecified atom stereocenters. The van der Waals surface area contributed by atoms with Crippen LogP contribution in [0.5, 0.6) is 0 Å². The lowest BCUT2D eigenvalue weighted by Gasteiger charge is -2.24. The van der Waals surface area contributed by atoms with Gasteiger partial charge in [-0.1, -0.05) is 11.8 Å². The van der Waals surface area contributed by atoms with Gasteiger partial charge in [0.15, 0.2) is 0 Å². The Morgan fingerprint density at radius 2 is 2.00 bits per heavy atom. The molecule has 0 radical (unpaired) electrons. The van der Waals surface area contributed by atoms with Gasteiger partial charge in [-0.15, -0.1) is 0 Å². The van der Waals surface area contributed by atoms with Crippen LogP contribution >= 0.6 is 0 Å². The number of nitrogens with zero attached hydrogens (tertiary/aromatic N) is 1. The molecule has 1 aliphatic carbocycles. The molecule has 0 aromatic rings. The van der Waals surface area contributed by atoms with Crippen molar-refractivity contribution in [1.29, 1.82) is 0 Å². The molecule has 13 heavy (non-hydrogen) atoms. The maximum atomic E-state index is 5.85. The summed E-state index contributed by atoms with van der Waals surface area (Å²) >= 11 is 0. The summed E-state index contributed by atoms with van der Waals surface area (Å²) < 4.78 is 5.24. The molecule has 1 saturated heterocycles. The standard InChI is InChI=1S/C10H16N2O/c11-10(3-4-10)2-1-5-12-6-8-13-9-7-12/h3-9,11H2. The van der Waals surface area contributed by atoms with Gasteiger partial charge in [-0.3, -0.25) is 4.90 Å². The maximum absolute atomic E-state index is 5.85. The first-order chi connectivity index (χ1) is 6.29. The molecule has 72 valence electrons. The molecule has 1 heterocycles. The van der Waals surface area contributed by atoms with Crippen molar-refractivity contribution in [2.75, 3.05) is 32.8 Å². The molecule has 3 heteroatoms. The van der Waals surface area contributed by atoms with Crippen molar-refractivity contribution in [1.82, 2.24) is 4.90 Å². The Morgan fingerprint density at radius 1 is 1.31 bits per heavy atom. The van der Waals surface area contributed by atoms with Gasteiger partial charge in [-0.2, -0.15) is 0 Å². The highest BCUT2D eigenvalue weighted by atomic mass is 16.5. The van der Waals surface area contributed by atoms with Crippen LogP contribution in [0.15, 0.2) is 0 Å². The third-order valence-corrected chi connectivity index (χ3v) is 2.53. The van der Waals surface area contributed by atoms with Crippen LogP contribution in [-0.2, 0) is 4.74 Å². The fraction of sp³-hybridized carbons (Fsp3) is 0.800. The Kier molecular flexibility index (Phi) is 2.54. The highest BCUT2D eigenvalue weighted by Gasteiger charge is 2.36. The molecule has 2 fully saturated rings. The molecule has 0 amide bonds. The molecular weight excluding hydrogens is 164 g/mol. The van der Waals surface area contributed by atoms with Crippen molar-refractivity contribution >= 4 is 0 Å². The third-order valence-electron chi connectivity index (χ3n) is 2.53. The summed E-state index contributed by atoms with van der Waals surface area (Å²) in [6.07, 6.45) is 2.15. The van der Waals surface area contributed by atoms with E-state index in [1.165, 1.54) is 0 Å². The molecule has 1 saturated carbocycles. The first-order valence-electron chi connectivity index (χ1n) is 4.88. The van der Waals surface area contributed by atoms with Crippen molar-refractivity contribution in [3.05, 3.63) is 0 Å². The topological polar surface area (TPSA) is 38.5 Å². The van der Waals surface area contributed by atoms with Crippen LogP contribution in [-0.4, -0.2) is 43.3 Å². The lowest BCUT2D eigenvalue weighted by Crippen LogP contribution is -2.36. The summed E-state index contributed by atoms with van der Waals surface area (Å²) in [5.74, 6) is 6.28. The smallest absolute Gasteiger partial charge is 0.0778 e. The molecular formula is C10H16N2O. The summed E-state index contributed by atoms with van der Waals surface area (Å²) in [6, 6.07) is 0. The van der Waals surface area contributed by atoms with Crippen LogP contribution < -0.4 is 5.73 Å². The van der Waals surface area contributed by atoms with E-state index in [-0.39, 0.29) is 5.54 Å². The van der Waals surface area contributed by atoms with Crippen LogP contribution in [0.2, 0.25) is 0 Å². The number of nitrogens with two attached hydrogens (primary N) is 1. The summed E-state index contributed by atoms with van der Waals surface area (Å²) in [7, 11) is 0. The van der Waals surface area contributed by atoms with Crippen LogP contribution in [0.3, 0.4) is 0 Å². The summed E-state index contributed by atoms with van der Waals surface area (Å²) in [5, 5.41) is 0. The second-order valence-electron chi connectivity index (χ2n) is 3.85. The zero-order valence-electron chi connectivity index (χ0n) is 7.88. The van der Waals surface area contributed by atoms with Gasteiger partial charge in [0.05, 0.1) is 25.3 Å². The van der Waals surface area contributed by atoms with E-state index < -0.39 is 0 Å². The van der Waals surface area contributed by atoms with Gasteiger partial charge in [0.1, 0.15) is 0 Å². The molecule has 0 bridgehead atoms. The largest absolute Gasteiger partial charge is 0.379 e.